The first-order valence-electron chi connectivity index (χ1n) is 5.71. The highest BCUT2D eigenvalue weighted by Gasteiger charge is 2.35. The van der Waals surface area contributed by atoms with E-state index in [-0.39, 0.29) is 10.9 Å². The third kappa shape index (κ3) is 2.35. The van der Waals surface area contributed by atoms with E-state index in [0.717, 1.165) is 6.42 Å². The minimum absolute atomic E-state index is 0.165. The number of sulfone groups is 1. The zero-order valence-electron chi connectivity index (χ0n) is 9.69. The maximum atomic E-state index is 13.5. The number of hydrogen-bond donors (Lipinski definition) is 1. The van der Waals surface area contributed by atoms with Crippen molar-refractivity contribution in [2.24, 2.45) is 0 Å². The van der Waals surface area contributed by atoms with Crippen LogP contribution in [0.15, 0.2) is 29.2 Å². The van der Waals surface area contributed by atoms with Crippen molar-refractivity contribution in [1.29, 1.82) is 0 Å². The summed E-state index contributed by atoms with van der Waals surface area (Å²) in [7, 11) is -1.71. The van der Waals surface area contributed by atoms with Crippen molar-refractivity contribution in [2.75, 3.05) is 7.05 Å². The summed E-state index contributed by atoms with van der Waals surface area (Å²) < 4.78 is 38.0. The molecule has 2 rings (SSSR count). The Kier molecular flexibility index (Phi) is 3.49. The quantitative estimate of drug-likeness (QED) is 0.897. The fraction of sp³-hybridized carbons (Fsp3) is 0.500. The molecule has 0 aromatic heterocycles. The third-order valence-electron chi connectivity index (χ3n) is 3.37. The van der Waals surface area contributed by atoms with Crippen LogP contribution in [0, 0.1) is 5.82 Å². The van der Waals surface area contributed by atoms with E-state index in [1.54, 1.807) is 6.07 Å². The smallest absolute Gasteiger partial charge is 0.184 e. The van der Waals surface area contributed by atoms with Gasteiger partial charge < -0.3 is 5.32 Å². The second kappa shape index (κ2) is 4.74. The fourth-order valence-corrected chi connectivity index (χ4v) is 4.24. The Morgan fingerprint density at radius 3 is 2.59 bits per heavy atom. The molecule has 1 fully saturated rings. The third-order valence-corrected chi connectivity index (χ3v) is 5.62. The first-order valence-corrected chi connectivity index (χ1v) is 7.26. The molecule has 0 heterocycles. The van der Waals surface area contributed by atoms with Crippen LogP contribution in [0.3, 0.4) is 0 Å². The molecule has 1 N–H and O–H groups in total. The standard InChI is InChI=1S/C12H16FNO2S/c1-14-9-6-7-10(8-9)17(15,16)12-5-3-2-4-11(12)13/h2-5,9-10,14H,6-8H2,1H3. The van der Waals surface area contributed by atoms with Crippen LogP contribution in [0.4, 0.5) is 4.39 Å². The van der Waals surface area contributed by atoms with E-state index in [1.807, 2.05) is 7.05 Å². The summed E-state index contributed by atoms with van der Waals surface area (Å²) in [6.45, 7) is 0. The van der Waals surface area contributed by atoms with Gasteiger partial charge in [0.2, 0.25) is 0 Å². The zero-order chi connectivity index (χ0) is 12.5. The molecule has 3 nitrogen and oxygen atoms in total. The van der Waals surface area contributed by atoms with Crippen LogP contribution < -0.4 is 5.32 Å². The summed E-state index contributed by atoms with van der Waals surface area (Å²) in [4.78, 5) is -0.165. The number of benzene rings is 1. The van der Waals surface area contributed by atoms with Crippen LogP contribution in [0.25, 0.3) is 0 Å². The Morgan fingerprint density at radius 2 is 2.00 bits per heavy atom. The highest BCUT2D eigenvalue weighted by molar-refractivity contribution is 7.92. The van der Waals surface area contributed by atoms with Crippen LogP contribution in [-0.4, -0.2) is 26.8 Å². The van der Waals surface area contributed by atoms with E-state index in [9.17, 15) is 12.8 Å². The van der Waals surface area contributed by atoms with E-state index < -0.39 is 20.9 Å². The molecule has 5 heteroatoms. The lowest BCUT2D eigenvalue weighted by atomic mass is 10.3. The molecular weight excluding hydrogens is 241 g/mol. The minimum atomic E-state index is -3.53. The van der Waals surface area contributed by atoms with E-state index in [1.165, 1.54) is 18.2 Å². The summed E-state index contributed by atoms with van der Waals surface area (Å²) in [5.74, 6) is -0.652. The van der Waals surface area contributed by atoms with Gasteiger partial charge >= 0.3 is 0 Å². The van der Waals surface area contributed by atoms with E-state index in [0.29, 0.717) is 12.8 Å². The lowest BCUT2D eigenvalue weighted by Crippen LogP contribution is -2.25. The predicted octanol–water partition coefficient (Wildman–Crippen LogP) is 1.74. The van der Waals surface area contributed by atoms with E-state index in [2.05, 4.69) is 5.32 Å². The first kappa shape index (κ1) is 12.5. The molecular formula is C12H16FNO2S. The second-order valence-corrected chi connectivity index (χ2v) is 6.59. The van der Waals surface area contributed by atoms with Gasteiger partial charge in [0.1, 0.15) is 10.7 Å². The molecule has 0 amide bonds. The molecule has 17 heavy (non-hydrogen) atoms. The van der Waals surface area contributed by atoms with Gasteiger partial charge in [-0.3, -0.25) is 0 Å². The Morgan fingerprint density at radius 1 is 1.29 bits per heavy atom. The Hall–Kier alpha value is -0.940. The molecule has 1 aliphatic carbocycles. The predicted molar refractivity (Wildman–Crippen MR) is 64.1 cm³/mol. The van der Waals surface area contributed by atoms with E-state index in [4.69, 9.17) is 0 Å². The first-order chi connectivity index (χ1) is 8.05. The SMILES string of the molecule is CNC1CCC(S(=O)(=O)c2ccccc2F)C1. The lowest BCUT2D eigenvalue weighted by molar-refractivity contribution is 0.549. The van der Waals surface area contributed by atoms with Gasteiger partial charge in [0.05, 0.1) is 5.25 Å². The van der Waals surface area contributed by atoms with Gasteiger partial charge in [-0.05, 0) is 38.4 Å². The molecule has 0 spiro atoms. The van der Waals surface area contributed by atoms with Crippen molar-refractivity contribution >= 4 is 9.84 Å². The summed E-state index contributed by atoms with van der Waals surface area (Å²) in [6, 6.07) is 5.82. The van der Waals surface area contributed by atoms with Gasteiger partial charge in [-0.15, -0.1) is 0 Å². The van der Waals surface area contributed by atoms with Crippen molar-refractivity contribution < 1.29 is 12.8 Å². The van der Waals surface area contributed by atoms with Gasteiger partial charge in [-0.2, -0.15) is 0 Å². The maximum Gasteiger partial charge on any atom is 0.184 e. The van der Waals surface area contributed by atoms with Gasteiger partial charge in [-0.1, -0.05) is 12.1 Å². The van der Waals surface area contributed by atoms with Gasteiger partial charge in [0.25, 0.3) is 0 Å². The molecule has 94 valence electrons. The number of nitrogens with one attached hydrogen (secondary N) is 1. The van der Waals surface area contributed by atoms with Gasteiger partial charge in [0.15, 0.2) is 9.84 Å². The topological polar surface area (TPSA) is 46.2 Å². The van der Waals surface area contributed by atoms with Gasteiger partial charge in [-0.25, -0.2) is 12.8 Å². The number of hydrogen-bond acceptors (Lipinski definition) is 3. The van der Waals surface area contributed by atoms with Crippen molar-refractivity contribution in [2.45, 2.75) is 35.4 Å². The monoisotopic (exact) mass is 257 g/mol. The number of halogens is 1. The molecule has 2 atom stereocenters. The van der Waals surface area contributed by atoms with E-state index >= 15 is 0 Å². The molecule has 0 bridgehead atoms. The lowest BCUT2D eigenvalue weighted by Gasteiger charge is -2.12. The molecule has 1 saturated carbocycles. The minimum Gasteiger partial charge on any atom is -0.317 e. The normalized spacial score (nSPS) is 25.1. The van der Waals surface area contributed by atoms with Crippen LogP contribution in [0.2, 0.25) is 0 Å². The van der Waals surface area contributed by atoms with Crippen LogP contribution in [0.1, 0.15) is 19.3 Å². The molecule has 1 aliphatic rings. The zero-order valence-corrected chi connectivity index (χ0v) is 10.5. The average Bonchev–Trinajstić information content (AvgIpc) is 2.78. The molecule has 1 aromatic carbocycles. The highest BCUT2D eigenvalue weighted by atomic mass is 32.2. The van der Waals surface area contributed by atoms with Crippen molar-refractivity contribution in [3.05, 3.63) is 30.1 Å². The van der Waals surface area contributed by atoms with Crippen LogP contribution >= 0.6 is 0 Å². The molecule has 0 aliphatic heterocycles. The molecule has 0 saturated heterocycles. The Labute approximate surface area is 101 Å². The fourth-order valence-electron chi connectivity index (χ4n) is 2.34. The van der Waals surface area contributed by atoms with Crippen molar-refractivity contribution in [1.82, 2.24) is 5.32 Å². The van der Waals surface area contributed by atoms with Crippen molar-refractivity contribution in [3.63, 3.8) is 0 Å². The highest BCUT2D eigenvalue weighted by Crippen LogP contribution is 2.30. The Bertz CT molecular complexity index is 501. The molecule has 2 unspecified atom stereocenters. The summed E-state index contributed by atoms with van der Waals surface area (Å²) in [6.07, 6.45) is 1.99. The largest absolute Gasteiger partial charge is 0.317 e. The second-order valence-electron chi connectivity index (χ2n) is 4.40. The summed E-state index contributed by atoms with van der Waals surface area (Å²) >= 11 is 0. The van der Waals surface area contributed by atoms with Crippen LogP contribution in [-0.2, 0) is 9.84 Å². The van der Waals surface area contributed by atoms with Gasteiger partial charge in [0, 0.05) is 6.04 Å². The van der Waals surface area contributed by atoms with Crippen LogP contribution in [0.5, 0.6) is 0 Å². The maximum absolute atomic E-state index is 13.5. The molecule has 0 radical (unpaired) electrons. The Balaban J connectivity index is 2.29. The number of rotatable bonds is 3. The average molecular weight is 257 g/mol. The molecule has 1 aromatic rings. The summed E-state index contributed by atoms with van der Waals surface area (Å²) in [5, 5.41) is 2.61. The van der Waals surface area contributed by atoms with Crippen molar-refractivity contribution in [3.8, 4) is 0 Å². The summed E-state index contributed by atoms with van der Waals surface area (Å²) in [5.41, 5.74) is 0.